The third-order valence-corrected chi connectivity index (χ3v) is 7.22. The molecule has 3 heterocycles. The Balaban J connectivity index is 1.43. The van der Waals surface area contributed by atoms with Gasteiger partial charge in [0.25, 0.3) is 0 Å². The molecular formula is C23H32N5O5P. The minimum Gasteiger partial charge on any atom is -0.431 e. The van der Waals surface area contributed by atoms with Gasteiger partial charge in [-0.25, -0.2) is 15.1 Å². The summed E-state index contributed by atoms with van der Waals surface area (Å²) in [6.07, 6.45) is 4.25. The number of para-hydroxylation sites is 1. The zero-order valence-electron chi connectivity index (χ0n) is 19.5. The van der Waals surface area contributed by atoms with Crippen molar-refractivity contribution in [1.29, 1.82) is 0 Å². The van der Waals surface area contributed by atoms with E-state index in [-0.39, 0.29) is 18.5 Å². The van der Waals surface area contributed by atoms with Gasteiger partial charge < -0.3 is 29.0 Å². The Morgan fingerprint density at radius 2 is 1.91 bits per heavy atom. The van der Waals surface area contributed by atoms with Crippen LogP contribution in [0, 0.1) is 0 Å². The summed E-state index contributed by atoms with van der Waals surface area (Å²) in [6, 6.07) is 10.4. The van der Waals surface area contributed by atoms with E-state index in [1.807, 2.05) is 36.6 Å². The van der Waals surface area contributed by atoms with Crippen LogP contribution in [0.1, 0.15) is 26.7 Å². The van der Waals surface area contributed by atoms with Crippen molar-refractivity contribution >= 4 is 24.4 Å². The fourth-order valence-electron chi connectivity index (χ4n) is 3.72. The number of anilines is 1. The highest BCUT2D eigenvalue weighted by atomic mass is 31.2. The molecule has 0 saturated carbocycles. The topological polar surface area (TPSA) is 123 Å². The van der Waals surface area contributed by atoms with Gasteiger partial charge in [-0.15, -0.1) is 0 Å². The molecule has 184 valence electrons. The molecule has 0 spiro atoms. The Bertz CT molecular complexity index is 1100. The van der Waals surface area contributed by atoms with Crippen molar-refractivity contribution in [2.45, 2.75) is 51.7 Å². The molecule has 11 heteroatoms. The zero-order chi connectivity index (χ0) is 24.0. The van der Waals surface area contributed by atoms with Crippen LogP contribution in [0.15, 0.2) is 48.9 Å². The molecule has 10 nitrogen and oxygen atoms in total. The summed E-state index contributed by atoms with van der Waals surface area (Å²) in [5.41, 5.74) is 7.87. The van der Waals surface area contributed by atoms with Gasteiger partial charge in [-0.05, 0) is 44.9 Å². The monoisotopic (exact) mass is 489 g/mol. The van der Waals surface area contributed by atoms with Crippen LogP contribution in [-0.4, -0.2) is 52.5 Å². The number of aromatic nitrogens is 3. The first-order valence-corrected chi connectivity index (χ1v) is 13.3. The predicted molar refractivity (Wildman–Crippen MR) is 130 cm³/mol. The molecule has 3 aromatic rings. The molecule has 0 bridgehead atoms. The Hall–Kier alpha value is -2.49. The molecule has 1 aliphatic heterocycles. The SMILES string of the molecule is C[C@H](Cn1cnc2c(N)ccnc21)OC[P@@](=O)(N[C@@H](C)C1OCCCCO1)Oc1ccccc1. The van der Waals surface area contributed by atoms with Crippen molar-refractivity contribution in [3.8, 4) is 5.75 Å². The molecule has 3 N–H and O–H groups in total. The normalized spacial score (nSPS) is 18.8. The number of ether oxygens (including phenoxy) is 3. The van der Waals surface area contributed by atoms with Crippen LogP contribution in [0.3, 0.4) is 0 Å². The molecule has 2 aromatic heterocycles. The molecule has 0 aliphatic carbocycles. The molecule has 1 aromatic carbocycles. The molecule has 1 fully saturated rings. The second-order valence-electron chi connectivity index (χ2n) is 8.39. The fraction of sp³-hybridized carbons (Fsp3) is 0.478. The Morgan fingerprint density at radius 1 is 1.18 bits per heavy atom. The van der Waals surface area contributed by atoms with E-state index in [2.05, 4.69) is 15.1 Å². The molecule has 4 rings (SSSR count). The lowest BCUT2D eigenvalue weighted by Gasteiger charge is -2.29. The lowest BCUT2D eigenvalue weighted by molar-refractivity contribution is -0.138. The number of nitrogens with one attached hydrogen (secondary N) is 1. The van der Waals surface area contributed by atoms with E-state index in [1.54, 1.807) is 30.7 Å². The van der Waals surface area contributed by atoms with Gasteiger partial charge in [0, 0.05) is 19.4 Å². The van der Waals surface area contributed by atoms with Gasteiger partial charge in [0.05, 0.1) is 30.7 Å². The van der Waals surface area contributed by atoms with Crippen LogP contribution in [-0.2, 0) is 25.3 Å². The number of nitrogen functional groups attached to an aromatic ring is 1. The number of fused-ring (bicyclic) bond motifs is 1. The summed E-state index contributed by atoms with van der Waals surface area (Å²) in [4.78, 5) is 8.70. The summed E-state index contributed by atoms with van der Waals surface area (Å²) >= 11 is 0. The number of pyridine rings is 1. The van der Waals surface area contributed by atoms with Gasteiger partial charge in [-0.1, -0.05) is 18.2 Å². The average molecular weight is 490 g/mol. The highest BCUT2D eigenvalue weighted by Crippen LogP contribution is 2.44. The van der Waals surface area contributed by atoms with E-state index < -0.39 is 13.8 Å². The number of hydrogen-bond donors (Lipinski definition) is 2. The van der Waals surface area contributed by atoms with E-state index in [1.165, 1.54) is 0 Å². The second kappa shape index (κ2) is 11.3. The van der Waals surface area contributed by atoms with Crippen LogP contribution < -0.4 is 15.3 Å². The van der Waals surface area contributed by atoms with Gasteiger partial charge in [0.1, 0.15) is 17.6 Å². The van der Waals surface area contributed by atoms with E-state index in [0.29, 0.717) is 42.4 Å². The predicted octanol–water partition coefficient (Wildman–Crippen LogP) is 3.78. The number of rotatable bonds is 10. The van der Waals surface area contributed by atoms with Crippen molar-refractivity contribution < 1.29 is 23.3 Å². The van der Waals surface area contributed by atoms with E-state index in [0.717, 1.165) is 12.8 Å². The maximum Gasteiger partial charge on any atom is 0.342 e. The quantitative estimate of drug-likeness (QED) is 0.410. The van der Waals surface area contributed by atoms with Crippen molar-refractivity contribution in [2.75, 3.05) is 25.3 Å². The first kappa shape index (κ1) is 24.6. The van der Waals surface area contributed by atoms with Crippen LogP contribution in [0.5, 0.6) is 5.75 Å². The van der Waals surface area contributed by atoms with Gasteiger partial charge in [0.15, 0.2) is 11.9 Å². The third-order valence-electron chi connectivity index (χ3n) is 5.42. The maximum absolute atomic E-state index is 13.9. The number of nitrogens with two attached hydrogens (primary N) is 1. The Labute approximate surface area is 199 Å². The Morgan fingerprint density at radius 3 is 2.65 bits per heavy atom. The summed E-state index contributed by atoms with van der Waals surface area (Å²) in [5.74, 6) is 0.491. The average Bonchev–Trinajstić information content (AvgIpc) is 3.04. The highest BCUT2D eigenvalue weighted by Gasteiger charge is 2.33. The minimum absolute atomic E-state index is 0.137. The van der Waals surface area contributed by atoms with Crippen LogP contribution in [0.4, 0.5) is 5.69 Å². The minimum atomic E-state index is -3.47. The summed E-state index contributed by atoms with van der Waals surface area (Å²) in [5, 5.41) is 3.10. The van der Waals surface area contributed by atoms with E-state index in [9.17, 15) is 4.57 Å². The molecule has 3 atom stereocenters. The molecule has 1 aliphatic rings. The largest absolute Gasteiger partial charge is 0.431 e. The first-order chi connectivity index (χ1) is 16.4. The van der Waals surface area contributed by atoms with Crippen molar-refractivity contribution in [3.05, 3.63) is 48.9 Å². The van der Waals surface area contributed by atoms with E-state index >= 15 is 0 Å². The molecule has 1 saturated heterocycles. The van der Waals surface area contributed by atoms with Crippen molar-refractivity contribution in [2.24, 2.45) is 0 Å². The number of nitrogens with zero attached hydrogens (tertiary/aromatic N) is 3. The smallest absolute Gasteiger partial charge is 0.342 e. The maximum atomic E-state index is 13.9. The lowest BCUT2D eigenvalue weighted by atomic mass is 10.3. The number of imidazole rings is 1. The van der Waals surface area contributed by atoms with E-state index in [4.69, 9.17) is 24.5 Å². The molecule has 0 radical (unpaired) electrons. The highest BCUT2D eigenvalue weighted by molar-refractivity contribution is 7.57. The van der Waals surface area contributed by atoms with Crippen LogP contribution in [0.2, 0.25) is 0 Å². The van der Waals surface area contributed by atoms with Gasteiger partial charge in [-0.3, -0.25) is 4.57 Å². The van der Waals surface area contributed by atoms with Gasteiger partial charge in [0.2, 0.25) is 0 Å². The zero-order valence-corrected chi connectivity index (χ0v) is 20.4. The summed E-state index contributed by atoms with van der Waals surface area (Å²) in [7, 11) is -3.47. The van der Waals surface area contributed by atoms with Gasteiger partial charge in [-0.2, -0.15) is 0 Å². The number of benzene rings is 1. The standard InChI is InChI=1S/C23H32N5O5P/c1-17(14-28-15-26-21-20(24)10-11-25-22(21)28)32-16-34(29,33-19-8-4-3-5-9-19)27-18(2)23-30-12-6-7-13-31-23/h3-5,8-11,15,17-18,23H,6-7,12-14,16H2,1-2H3,(H2,24,25)(H,27,29)/t17-,18+,34+/m1/s1. The third kappa shape index (κ3) is 6.34. The molecular weight excluding hydrogens is 457 g/mol. The first-order valence-electron chi connectivity index (χ1n) is 11.5. The second-order valence-corrected chi connectivity index (χ2v) is 10.4. The van der Waals surface area contributed by atoms with Gasteiger partial charge >= 0.3 is 7.52 Å². The number of hydrogen-bond acceptors (Lipinski definition) is 8. The summed E-state index contributed by atoms with van der Waals surface area (Å²) < 4.78 is 39.2. The molecule has 0 unspecified atom stereocenters. The Kier molecular flexibility index (Phi) is 8.18. The van der Waals surface area contributed by atoms with Crippen molar-refractivity contribution in [1.82, 2.24) is 19.6 Å². The summed E-state index contributed by atoms with van der Waals surface area (Å²) in [6.45, 7) is 5.43. The van der Waals surface area contributed by atoms with Crippen LogP contribution >= 0.6 is 7.52 Å². The fourth-order valence-corrected chi connectivity index (χ4v) is 5.56. The van der Waals surface area contributed by atoms with Crippen molar-refractivity contribution in [3.63, 3.8) is 0 Å². The lowest BCUT2D eigenvalue weighted by Crippen LogP contribution is -2.40. The molecule has 0 amide bonds. The van der Waals surface area contributed by atoms with Crippen LogP contribution in [0.25, 0.3) is 11.2 Å². The molecule has 34 heavy (non-hydrogen) atoms.